The molecule has 0 fully saturated rings. The quantitative estimate of drug-likeness (QED) is 0.109. The van der Waals surface area contributed by atoms with Crippen molar-refractivity contribution >= 4 is 64.5 Å². The van der Waals surface area contributed by atoms with Crippen LogP contribution in [0.1, 0.15) is 33.2 Å². The van der Waals surface area contributed by atoms with Gasteiger partial charge in [0, 0.05) is 16.1 Å². The second kappa shape index (κ2) is 14.9. The highest BCUT2D eigenvalue weighted by Gasteiger charge is 2.18. The summed E-state index contributed by atoms with van der Waals surface area (Å²) in [7, 11) is 1.54. The molecule has 11 heteroatoms. The fourth-order valence-electron chi connectivity index (χ4n) is 3.90. The van der Waals surface area contributed by atoms with E-state index in [4.69, 9.17) is 16.3 Å². The van der Waals surface area contributed by atoms with Gasteiger partial charge in [-0.3, -0.25) is 14.4 Å². The molecule has 0 aromatic heterocycles. The van der Waals surface area contributed by atoms with E-state index in [9.17, 15) is 24.3 Å². The molecule has 4 N–H and O–H groups in total. The molecule has 4 aromatic rings. The number of halogens is 1. The normalized spacial score (nSPS) is 11.7. The predicted octanol–water partition coefficient (Wildman–Crippen LogP) is 6.58. The minimum Gasteiger partial charge on any atom is -0.497 e. The maximum atomic E-state index is 13.3. The molecule has 0 saturated carbocycles. The Balaban J connectivity index is 1.44. The zero-order chi connectivity index (χ0) is 31.6. The average molecular weight is 630 g/mol. The highest BCUT2D eigenvalue weighted by Crippen LogP contribution is 2.28. The number of benzene rings is 4. The Bertz CT molecular complexity index is 1710. The van der Waals surface area contributed by atoms with Crippen LogP contribution in [0.4, 0.5) is 11.4 Å². The fraction of sp³-hybridized carbons (Fsp3) is 0.0909. The topological polar surface area (TPSA) is 134 Å². The molecular formula is C33H28ClN3O6S. The molecule has 0 aliphatic carbocycles. The zero-order valence-corrected chi connectivity index (χ0v) is 25.2. The van der Waals surface area contributed by atoms with Crippen LogP contribution < -0.4 is 20.7 Å². The molecule has 0 aliphatic heterocycles. The number of nitrogens with one attached hydrogen (secondary N) is 3. The van der Waals surface area contributed by atoms with Crippen LogP contribution in [0, 0.1) is 0 Å². The van der Waals surface area contributed by atoms with Crippen molar-refractivity contribution < 1.29 is 29.0 Å². The Morgan fingerprint density at radius 2 is 1.59 bits per heavy atom. The maximum absolute atomic E-state index is 13.3. The van der Waals surface area contributed by atoms with Crippen LogP contribution in [0.2, 0.25) is 5.02 Å². The van der Waals surface area contributed by atoms with E-state index >= 15 is 0 Å². The monoisotopic (exact) mass is 629 g/mol. The van der Waals surface area contributed by atoms with Crippen LogP contribution >= 0.6 is 23.4 Å². The Kier molecular flexibility index (Phi) is 10.8. The maximum Gasteiger partial charge on any atom is 0.335 e. The van der Waals surface area contributed by atoms with Gasteiger partial charge in [0.1, 0.15) is 11.4 Å². The molecule has 1 unspecified atom stereocenters. The Hall–Kier alpha value is -5.06. The van der Waals surface area contributed by atoms with Crippen molar-refractivity contribution in [2.75, 3.05) is 17.7 Å². The van der Waals surface area contributed by atoms with Gasteiger partial charge < -0.3 is 25.8 Å². The molecule has 224 valence electrons. The van der Waals surface area contributed by atoms with Crippen molar-refractivity contribution in [2.45, 2.75) is 17.1 Å². The molecule has 1 atom stereocenters. The van der Waals surface area contributed by atoms with E-state index in [1.807, 2.05) is 0 Å². The number of ether oxygens (including phenoxy) is 1. The lowest BCUT2D eigenvalue weighted by Crippen LogP contribution is -2.30. The number of carbonyl (C=O) groups is 4. The first-order chi connectivity index (χ1) is 21.1. The first-order valence-electron chi connectivity index (χ1n) is 13.3. The second-order valence-corrected chi connectivity index (χ2v) is 11.2. The summed E-state index contributed by atoms with van der Waals surface area (Å²) < 4.78 is 5.27. The first-order valence-corrected chi connectivity index (χ1v) is 14.5. The lowest BCUT2D eigenvalue weighted by molar-refractivity contribution is -0.115. The highest BCUT2D eigenvalue weighted by atomic mass is 35.5. The third-order valence-electron chi connectivity index (χ3n) is 6.20. The van der Waals surface area contributed by atoms with Gasteiger partial charge in [-0.15, -0.1) is 11.8 Å². The number of hydrogen-bond donors (Lipinski definition) is 4. The standard InChI is InChI=1S/C33H28ClN3O6S/c1-20(30(38)36-28-19-23(33(41)42)11-16-27(28)34)44-26-14-12-24(13-15-26)35-32(40)29(18-21-7-6-10-25(17-21)43-2)37-31(39)22-8-4-3-5-9-22/h3-20H,1-2H3,(H,35,40)(H,36,38)(H,37,39)(H,41,42)/b29-18-. The summed E-state index contributed by atoms with van der Waals surface area (Å²) in [6.45, 7) is 1.70. The van der Waals surface area contributed by atoms with Crippen LogP contribution in [0.5, 0.6) is 5.75 Å². The molecule has 3 amide bonds. The molecule has 4 rings (SSSR count). The van der Waals surface area contributed by atoms with E-state index in [1.54, 1.807) is 99.0 Å². The third kappa shape index (κ3) is 8.73. The number of carboxylic acid groups (broad SMARTS) is 1. The van der Waals surface area contributed by atoms with Crippen molar-refractivity contribution in [3.8, 4) is 5.75 Å². The van der Waals surface area contributed by atoms with Crippen molar-refractivity contribution in [1.29, 1.82) is 0 Å². The number of aromatic carboxylic acids is 1. The van der Waals surface area contributed by atoms with Crippen LogP contribution in [0.25, 0.3) is 6.08 Å². The summed E-state index contributed by atoms with van der Waals surface area (Å²) in [5.74, 6) is -1.87. The lowest BCUT2D eigenvalue weighted by atomic mass is 10.1. The molecule has 0 aliphatic rings. The van der Waals surface area contributed by atoms with Gasteiger partial charge in [-0.25, -0.2) is 4.79 Å². The summed E-state index contributed by atoms with van der Waals surface area (Å²) in [6.07, 6.45) is 1.56. The number of carboxylic acids is 1. The number of methoxy groups -OCH3 is 1. The van der Waals surface area contributed by atoms with Crippen LogP contribution in [0.3, 0.4) is 0 Å². The SMILES string of the molecule is COc1cccc(/C=C(\NC(=O)c2ccccc2)C(=O)Nc2ccc(SC(C)C(=O)Nc3cc(C(=O)O)ccc3Cl)cc2)c1. The third-order valence-corrected chi connectivity index (χ3v) is 7.64. The Morgan fingerprint density at radius 1 is 0.864 bits per heavy atom. The molecule has 44 heavy (non-hydrogen) atoms. The van der Waals surface area contributed by atoms with Crippen LogP contribution in [-0.4, -0.2) is 41.2 Å². The predicted molar refractivity (Wildman–Crippen MR) is 172 cm³/mol. The number of hydrogen-bond acceptors (Lipinski definition) is 6. The molecule has 0 radical (unpaired) electrons. The van der Waals surface area contributed by atoms with Crippen LogP contribution in [-0.2, 0) is 9.59 Å². The van der Waals surface area contributed by atoms with Gasteiger partial charge in [0.15, 0.2) is 0 Å². The van der Waals surface area contributed by atoms with Gasteiger partial charge in [0.25, 0.3) is 11.8 Å². The summed E-state index contributed by atoms with van der Waals surface area (Å²) in [6, 6.07) is 26.5. The van der Waals surface area contributed by atoms with Crippen molar-refractivity contribution in [3.63, 3.8) is 0 Å². The van der Waals surface area contributed by atoms with E-state index in [2.05, 4.69) is 16.0 Å². The Morgan fingerprint density at radius 3 is 2.27 bits per heavy atom. The van der Waals surface area contributed by atoms with Gasteiger partial charge in [-0.05, 0) is 85.3 Å². The summed E-state index contributed by atoms with van der Waals surface area (Å²) in [5.41, 5.74) is 1.76. The van der Waals surface area contributed by atoms with E-state index in [-0.39, 0.29) is 27.9 Å². The fourth-order valence-corrected chi connectivity index (χ4v) is 4.93. The number of anilines is 2. The molecule has 0 spiro atoms. The Labute approximate surface area is 263 Å². The number of carbonyl (C=O) groups excluding carboxylic acids is 3. The van der Waals surface area contributed by atoms with E-state index in [0.717, 1.165) is 4.90 Å². The van der Waals surface area contributed by atoms with Gasteiger partial charge >= 0.3 is 5.97 Å². The summed E-state index contributed by atoms with van der Waals surface area (Å²) in [5, 5.41) is 17.0. The molecule has 9 nitrogen and oxygen atoms in total. The summed E-state index contributed by atoms with van der Waals surface area (Å²) >= 11 is 7.40. The molecule has 0 saturated heterocycles. The van der Waals surface area contributed by atoms with E-state index < -0.39 is 23.0 Å². The number of rotatable bonds is 11. The first kappa shape index (κ1) is 31.9. The van der Waals surface area contributed by atoms with E-state index in [1.165, 1.54) is 30.0 Å². The summed E-state index contributed by atoms with van der Waals surface area (Å²) in [4.78, 5) is 51.0. The van der Waals surface area contributed by atoms with Gasteiger partial charge in [-0.1, -0.05) is 41.9 Å². The smallest absolute Gasteiger partial charge is 0.335 e. The zero-order valence-electron chi connectivity index (χ0n) is 23.7. The van der Waals surface area contributed by atoms with Gasteiger partial charge in [0.2, 0.25) is 5.91 Å². The molecular weight excluding hydrogens is 602 g/mol. The molecule has 0 bridgehead atoms. The number of thioether (sulfide) groups is 1. The number of amides is 3. The largest absolute Gasteiger partial charge is 0.497 e. The van der Waals surface area contributed by atoms with E-state index in [0.29, 0.717) is 22.6 Å². The van der Waals surface area contributed by atoms with Crippen molar-refractivity contribution in [2.24, 2.45) is 0 Å². The molecule has 4 aromatic carbocycles. The van der Waals surface area contributed by atoms with Crippen molar-refractivity contribution in [3.05, 3.63) is 124 Å². The lowest BCUT2D eigenvalue weighted by Gasteiger charge is -2.14. The van der Waals surface area contributed by atoms with Gasteiger partial charge in [0.05, 0.1) is 28.6 Å². The minimum atomic E-state index is -1.13. The minimum absolute atomic E-state index is 0.00349. The molecule has 0 heterocycles. The van der Waals surface area contributed by atoms with Crippen LogP contribution in [0.15, 0.2) is 108 Å². The van der Waals surface area contributed by atoms with Gasteiger partial charge in [-0.2, -0.15) is 0 Å². The van der Waals surface area contributed by atoms with Crippen molar-refractivity contribution in [1.82, 2.24) is 5.32 Å². The highest BCUT2D eigenvalue weighted by molar-refractivity contribution is 8.00. The average Bonchev–Trinajstić information content (AvgIpc) is 3.03. The second-order valence-electron chi connectivity index (χ2n) is 9.38.